The van der Waals surface area contributed by atoms with Crippen LogP contribution >= 0.6 is 11.6 Å². The van der Waals surface area contributed by atoms with Gasteiger partial charge in [0.05, 0.1) is 12.3 Å². The van der Waals surface area contributed by atoms with E-state index in [1.54, 1.807) is 0 Å². The second kappa shape index (κ2) is 4.66. The van der Waals surface area contributed by atoms with Gasteiger partial charge in [0.2, 0.25) is 0 Å². The number of halogens is 1. The molecule has 0 radical (unpaired) electrons. The molecule has 2 aromatic rings. The standard InChI is InChI=1S/C10H11ClN4O4/c11-10-6-4(12-2-13-10)5(14-15-6)9-8(18)7(17)3(1-16)19-9/h2-3,7-9,16-18H,1H2,(H,14,15)/t3-,7-,8-,9+/m1/s1. The van der Waals surface area contributed by atoms with Crippen molar-refractivity contribution in [2.24, 2.45) is 0 Å². The van der Waals surface area contributed by atoms with Crippen molar-refractivity contribution in [2.45, 2.75) is 24.4 Å². The molecule has 1 fully saturated rings. The van der Waals surface area contributed by atoms with Crippen LogP contribution in [0.4, 0.5) is 0 Å². The summed E-state index contributed by atoms with van der Waals surface area (Å²) in [5.41, 5.74) is 1.16. The molecule has 1 saturated heterocycles. The first-order chi connectivity index (χ1) is 9.13. The lowest BCUT2D eigenvalue weighted by molar-refractivity contribution is -0.0236. The highest BCUT2D eigenvalue weighted by molar-refractivity contribution is 6.33. The molecule has 19 heavy (non-hydrogen) atoms. The molecular formula is C10H11ClN4O4. The Balaban J connectivity index is 2.04. The van der Waals surface area contributed by atoms with Gasteiger partial charge in [-0.05, 0) is 0 Å². The van der Waals surface area contributed by atoms with Crippen molar-refractivity contribution in [3.63, 3.8) is 0 Å². The summed E-state index contributed by atoms with van der Waals surface area (Å²) < 4.78 is 5.40. The first-order valence-electron chi connectivity index (χ1n) is 5.60. The summed E-state index contributed by atoms with van der Waals surface area (Å²) >= 11 is 5.87. The van der Waals surface area contributed by atoms with Crippen molar-refractivity contribution in [3.8, 4) is 0 Å². The zero-order valence-electron chi connectivity index (χ0n) is 9.56. The van der Waals surface area contributed by atoms with Gasteiger partial charge in [0, 0.05) is 0 Å². The maximum atomic E-state index is 9.95. The summed E-state index contributed by atoms with van der Waals surface area (Å²) in [5, 5.41) is 35.5. The molecule has 1 aliphatic rings. The molecule has 102 valence electrons. The Morgan fingerprint density at radius 2 is 2.05 bits per heavy atom. The third kappa shape index (κ3) is 1.88. The molecule has 0 amide bonds. The predicted octanol–water partition coefficient (Wildman–Crippen LogP) is -0.840. The molecule has 0 saturated carbocycles. The maximum absolute atomic E-state index is 9.95. The second-order valence-electron chi connectivity index (χ2n) is 4.26. The summed E-state index contributed by atoms with van der Waals surface area (Å²) in [4.78, 5) is 7.82. The lowest BCUT2D eigenvalue weighted by Gasteiger charge is -2.12. The molecule has 3 rings (SSSR count). The quantitative estimate of drug-likeness (QED) is 0.531. The number of hydrogen-bond donors (Lipinski definition) is 4. The van der Waals surface area contributed by atoms with Crippen LogP contribution in [0.2, 0.25) is 5.15 Å². The largest absolute Gasteiger partial charge is 0.394 e. The van der Waals surface area contributed by atoms with Gasteiger partial charge in [-0.15, -0.1) is 0 Å². The molecule has 0 aliphatic carbocycles. The van der Waals surface area contributed by atoms with Crippen LogP contribution in [0.3, 0.4) is 0 Å². The summed E-state index contributed by atoms with van der Waals surface area (Å²) in [5.74, 6) is 0. The van der Waals surface area contributed by atoms with Crippen molar-refractivity contribution in [1.29, 1.82) is 0 Å². The van der Waals surface area contributed by atoms with Crippen molar-refractivity contribution in [1.82, 2.24) is 20.2 Å². The van der Waals surface area contributed by atoms with Crippen LogP contribution in [0.25, 0.3) is 11.0 Å². The summed E-state index contributed by atoms with van der Waals surface area (Å²) in [6.45, 7) is -0.392. The predicted molar refractivity (Wildman–Crippen MR) is 63.4 cm³/mol. The number of hydrogen-bond acceptors (Lipinski definition) is 7. The number of rotatable bonds is 2. The normalized spacial score (nSPS) is 31.2. The molecule has 8 nitrogen and oxygen atoms in total. The number of fused-ring (bicyclic) bond motifs is 1. The summed E-state index contributed by atoms with van der Waals surface area (Å²) in [6, 6.07) is 0. The van der Waals surface area contributed by atoms with Crippen LogP contribution in [0.1, 0.15) is 11.8 Å². The molecule has 0 spiro atoms. The van der Waals surface area contributed by atoms with Crippen LogP contribution < -0.4 is 0 Å². The van der Waals surface area contributed by atoms with Crippen LogP contribution in [0.5, 0.6) is 0 Å². The van der Waals surface area contributed by atoms with Gasteiger partial charge in [-0.25, -0.2) is 9.97 Å². The van der Waals surface area contributed by atoms with Gasteiger partial charge in [0.15, 0.2) is 5.15 Å². The Morgan fingerprint density at radius 3 is 2.74 bits per heavy atom. The fourth-order valence-corrected chi connectivity index (χ4v) is 2.33. The Hall–Kier alpha value is -1.32. The van der Waals surface area contributed by atoms with E-state index in [4.69, 9.17) is 21.4 Å². The lowest BCUT2D eigenvalue weighted by Crippen LogP contribution is -2.32. The first-order valence-corrected chi connectivity index (χ1v) is 5.98. The fourth-order valence-electron chi connectivity index (χ4n) is 2.16. The van der Waals surface area contributed by atoms with E-state index in [0.29, 0.717) is 16.7 Å². The molecule has 1 aliphatic heterocycles. The number of nitrogens with one attached hydrogen (secondary N) is 1. The lowest BCUT2D eigenvalue weighted by atomic mass is 10.1. The van der Waals surface area contributed by atoms with Crippen LogP contribution in [-0.4, -0.2) is 60.4 Å². The molecule has 0 unspecified atom stereocenters. The Labute approximate surface area is 112 Å². The SMILES string of the molecule is OC[C@H]1O[C@@H](c2[nH]nc3c(Cl)ncnc23)[C@H](O)[C@@H]1O. The van der Waals surface area contributed by atoms with Gasteiger partial charge in [0.25, 0.3) is 0 Å². The molecular weight excluding hydrogens is 276 g/mol. The topological polar surface area (TPSA) is 124 Å². The van der Waals surface area contributed by atoms with E-state index in [1.165, 1.54) is 6.33 Å². The van der Waals surface area contributed by atoms with Crippen molar-refractivity contribution in [3.05, 3.63) is 17.2 Å². The van der Waals surface area contributed by atoms with Crippen LogP contribution in [-0.2, 0) is 4.74 Å². The minimum Gasteiger partial charge on any atom is -0.394 e. The Bertz CT molecular complexity index is 606. The van der Waals surface area contributed by atoms with E-state index in [9.17, 15) is 10.2 Å². The Morgan fingerprint density at radius 1 is 1.26 bits per heavy atom. The number of aliphatic hydroxyl groups is 3. The molecule has 0 aromatic carbocycles. The van der Waals surface area contributed by atoms with E-state index >= 15 is 0 Å². The van der Waals surface area contributed by atoms with E-state index in [2.05, 4.69) is 20.2 Å². The second-order valence-corrected chi connectivity index (χ2v) is 4.62. The number of ether oxygens (including phenoxy) is 1. The number of aromatic nitrogens is 4. The van der Waals surface area contributed by atoms with E-state index in [1.807, 2.05) is 0 Å². The number of nitrogens with zero attached hydrogens (tertiary/aromatic N) is 3. The van der Waals surface area contributed by atoms with E-state index in [0.717, 1.165) is 0 Å². The van der Waals surface area contributed by atoms with Gasteiger partial charge >= 0.3 is 0 Å². The summed E-state index contributed by atoms with van der Waals surface area (Å²) in [6.07, 6.45) is -2.80. The third-order valence-electron chi connectivity index (χ3n) is 3.15. The van der Waals surface area contributed by atoms with Crippen molar-refractivity contribution in [2.75, 3.05) is 6.61 Å². The maximum Gasteiger partial charge on any atom is 0.160 e. The smallest absolute Gasteiger partial charge is 0.160 e. The van der Waals surface area contributed by atoms with Crippen molar-refractivity contribution >= 4 is 22.6 Å². The number of aliphatic hydroxyl groups excluding tert-OH is 3. The highest BCUT2D eigenvalue weighted by Gasteiger charge is 2.44. The monoisotopic (exact) mass is 286 g/mol. The molecule has 2 aromatic heterocycles. The van der Waals surface area contributed by atoms with Gasteiger partial charge in [0.1, 0.15) is 41.8 Å². The minimum absolute atomic E-state index is 0.180. The van der Waals surface area contributed by atoms with Crippen LogP contribution in [0, 0.1) is 0 Å². The van der Waals surface area contributed by atoms with Crippen molar-refractivity contribution < 1.29 is 20.1 Å². The molecule has 3 heterocycles. The number of H-pyrrole nitrogens is 1. The molecule has 9 heteroatoms. The fraction of sp³-hybridized carbons (Fsp3) is 0.500. The van der Waals surface area contributed by atoms with E-state index in [-0.39, 0.29) is 5.15 Å². The molecule has 4 atom stereocenters. The van der Waals surface area contributed by atoms with Gasteiger partial charge in [-0.2, -0.15) is 5.10 Å². The highest BCUT2D eigenvalue weighted by Crippen LogP contribution is 2.35. The highest BCUT2D eigenvalue weighted by atomic mass is 35.5. The van der Waals surface area contributed by atoms with Crippen LogP contribution in [0.15, 0.2) is 6.33 Å². The first kappa shape index (κ1) is 12.7. The number of aromatic amines is 1. The average molecular weight is 287 g/mol. The summed E-state index contributed by atoms with van der Waals surface area (Å²) in [7, 11) is 0. The van der Waals surface area contributed by atoms with Gasteiger partial charge in [-0.3, -0.25) is 5.10 Å². The molecule has 4 N–H and O–H groups in total. The zero-order valence-corrected chi connectivity index (χ0v) is 10.3. The third-order valence-corrected chi connectivity index (χ3v) is 3.42. The zero-order chi connectivity index (χ0) is 13.6. The minimum atomic E-state index is -1.19. The van der Waals surface area contributed by atoms with E-state index < -0.39 is 31.0 Å². The van der Waals surface area contributed by atoms with Gasteiger partial charge in [-0.1, -0.05) is 11.6 Å². The van der Waals surface area contributed by atoms with Gasteiger partial charge < -0.3 is 20.1 Å². The molecule has 0 bridgehead atoms. The average Bonchev–Trinajstić information content (AvgIpc) is 2.94. The Kier molecular flexibility index (Phi) is 3.11.